The van der Waals surface area contributed by atoms with Crippen LogP contribution < -0.4 is 0 Å². The van der Waals surface area contributed by atoms with E-state index in [1.807, 2.05) is 0 Å². The molecule has 21 unspecified atom stereocenters. The van der Waals surface area contributed by atoms with Crippen molar-refractivity contribution in [2.75, 3.05) is 0 Å². The molecule has 0 saturated heterocycles. The molecule has 11 fully saturated rings. The van der Waals surface area contributed by atoms with Crippen LogP contribution >= 0.6 is 0 Å². The number of carboxylic acids is 1. The molecule has 0 heterocycles. The minimum Gasteiger partial charge on any atom is -0.481 e. The Morgan fingerprint density at radius 2 is 1.20 bits per heavy atom. The van der Waals surface area contributed by atoms with Gasteiger partial charge in [-0.25, -0.2) is 0 Å². The first-order chi connectivity index (χ1) is 20.0. The van der Waals surface area contributed by atoms with Crippen molar-refractivity contribution >= 4 is 5.97 Å². The second-order valence-corrected chi connectivity index (χ2v) is 19.5. The van der Waals surface area contributed by atoms with Crippen LogP contribution in [0.4, 0.5) is 0 Å². The van der Waals surface area contributed by atoms with Crippen LogP contribution in [0, 0.1) is 129 Å². The van der Waals surface area contributed by atoms with Crippen LogP contribution in [0.5, 0.6) is 0 Å². The number of rotatable bonds is 4. The van der Waals surface area contributed by atoms with E-state index in [0.29, 0.717) is 28.6 Å². The number of hydrogen-bond acceptors (Lipinski definition) is 1. The Morgan fingerprint density at radius 3 is 1.78 bits per heavy atom. The lowest BCUT2D eigenvalue weighted by molar-refractivity contribution is -0.164. The highest BCUT2D eigenvalue weighted by atomic mass is 16.4. The molecule has 12 aliphatic carbocycles. The molecule has 11 saturated carbocycles. The highest BCUT2D eigenvalue weighted by molar-refractivity contribution is 5.71. The van der Waals surface area contributed by atoms with Crippen LogP contribution in [0.3, 0.4) is 0 Å². The van der Waals surface area contributed by atoms with Gasteiger partial charge in [-0.3, -0.25) is 4.79 Å². The van der Waals surface area contributed by atoms with Crippen molar-refractivity contribution in [2.24, 2.45) is 129 Å². The molecule has 12 aliphatic rings. The second kappa shape index (κ2) is 7.19. The molecule has 12 bridgehead atoms. The third-order valence-corrected chi connectivity index (χ3v) is 19.8. The molecule has 0 aromatic rings. The number of hydrogen-bond donors (Lipinski definition) is 1. The van der Waals surface area contributed by atoms with Crippen LogP contribution in [0.2, 0.25) is 0 Å². The van der Waals surface area contributed by atoms with Gasteiger partial charge in [-0.15, -0.1) is 0 Å². The van der Waals surface area contributed by atoms with Crippen molar-refractivity contribution in [3.05, 3.63) is 12.2 Å². The van der Waals surface area contributed by atoms with Crippen LogP contribution in [-0.4, -0.2) is 11.1 Å². The van der Waals surface area contributed by atoms with Gasteiger partial charge in [0, 0.05) is 0 Å². The van der Waals surface area contributed by atoms with E-state index in [1.54, 1.807) is 64.2 Å². The average molecular weight is 553 g/mol. The lowest BCUT2D eigenvalue weighted by Crippen LogP contribution is -2.58. The standard InChI is InChI=1S/C39H52O2/c1-38(29-13-23-11-25(29)33-19-4-2-17(8-19)31(23)33,30-14-24-12-26(30)34-20-5-3-18(9-20)32(24)34)39-15-27(28(16-39)37(40)41)35-21-6-7-22(10-21)36(35)39/h6-7,17-36H,2-5,8-16H2,1H3,(H,40,41). The molecular weight excluding hydrogens is 500 g/mol. The van der Waals surface area contributed by atoms with Crippen LogP contribution in [0.25, 0.3) is 0 Å². The van der Waals surface area contributed by atoms with Crippen LogP contribution in [-0.2, 0) is 4.79 Å². The van der Waals surface area contributed by atoms with Gasteiger partial charge in [-0.2, -0.15) is 0 Å². The molecule has 2 heteroatoms. The number of fused-ring (bicyclic) bond motifs is 27. The van der Waals surface area contributed by atoms with E-state index >= 15 is 0 Å². The van der Waals surface area contributed by atoms with E-state index in [0.717, 1.165) is 101 Å². The largest absolute Gasteiger partial charge is 0.481 e. The molecule has 0 aromatic carbocycles. The summed E-state index contributed by atoms with van der Waals surface area (Å²) in [6.45, 7) is 2.94. The van der Waals surface area contributed by atoms with Gasteiger partial charge in [0.15, 0.2) is 0 Å². The third kappa shape index (κ3) is 2.37. The highest BCUT2D eigenvalue weighted by Gasteiger charge is 2.79. The normalized spacial score (nSPS) is 68.7. The van der Waals surface area contributed by atoms with Gasteiger partial charge >= 0.3 is 5.97 Å². The Balaban J connectivity index is 1.02. The number of aliphatic carboxylic acids is 1. The minimum absolute atomic E-state index is 0.0500. The molecule has 220 valence electrons. The average Bonchev–Trinajstić information content (AvgIpc) is 3.85. The van der Waals surface area contributed by atoms with Gasteiger partial charge in [-0.1, -0.05) is 19.1 Å². The Hall–Kier alpha value is -0.790. The van der Waals surface area contributed by atoms with Gasteiger partial charge in [0.2, 0.25) is 0 Å². The highest BCUT2D eigenvalue weighted by Crippen LogP contribution is 2.84. The summed E-state index contributed by atoms with van der Waals surface area (Å²) in [4.78, 5) is 13.0. The topological polar surface area (TPSA) is 37.3 Å². The smallest absolute Gasteiger partial charge is 0.306 e. The lowest BCUT2D eigenvalue weighted by Gasteiger charge is -2.63. The number of carbonyl (C=O) groups is 1. The Morgan fingerprint density at radius 1 is 0.634 bits per heavy atom. The van der Waals surface area contributed by atoms with Gasteiger partial charge in [0.25, 0.3) is 0 Å². The van der Waals surface area contributed by atoms with E-state index in [9.17, 15) is 9.90 Å². The Bertz CT molecular complexity index is 1210. The van der Waals surface area contributed by atoms with E-state index in [1.165, 1.54) is 12.8 Å². The zero-order chi connectivity index (χ0) is 26.7. The van der Waals surface area contributed by atoms with Crippen LogP contribution in [0.1, 0.15) is 90.4 Å². The van der Waals surface area contributed by atoms with Crippen molar-refractivity contribution in [1.29, 1.82) is 0 Å². The maximum atomic E-state index is 13.0. The van der Waals surface area contributed by atoms with Crippen molar-refractivity contribution in [3.8, 4) is 0 Å². The van der Waals surface area contributed by atoms with E-state index in [2.05, 4.69) is 19.1 Å². The molecule has 2 nitrogen and oxygen atoms in total. The maximum Gasteiger partial charge on any atom is 0.306 e. The van der Waals surface area contributed by atoms with E-state index in [-0.39, 0.29) is 5.92 Å². The summed E-state index contributed by atoms with van der Waals surface area (Å²) in [6, 6.07) is 0. The summed E-state index contributed by atoms with van der Waals surface area (Å²) in [5.41, 5.74) is 0.686. The fourth-order valence-electron chi connectivity index (χ4n) is 19.7. The fraction of sp³-hybridized carbons (Fsp3) is 0.923. The monoisotopic (exact) mass is 552 g/mol. The molecular formula is C39H52O2. The van der Waals surface area contributed by atoms with Gasteiger partial charge in [0.05, 0.1) is 5.92 Å². The van der Waals surface area contributed by atoms with Crippen molar-refractivity contribution < 1.29 is 9.90 Å². The van der Waals surface area contributed by atoms with Crippen molar-refractivity contribution in [2.45, 2.75) is 90.4 Å². The van der Waals surface area contributed by atoms with E-state index < -0.39 is 5.97 Å². The molecule has 0 spiro atoms. The van der Waals surface area contributed by atoms with Gasteiger partial charge in [0.1, 0.15) is 0 Å². The minimum atomic E-state index is -0.424. The quantitative estimate of drug-likeness (QED) is 0.282. The number of allylic oxidation sites excluding steroid dienone is 2. The maximum absolute atomic E-state index is 13.0. The third-order valence-electron chi connectivity index (χ3n) is 19.8. The molecule has 12 rings (SSSR count). The molecule has 0 amide bonds. The summed E-state index contributed by atoms with van der Waals surface area (Å²) < 4.78 is 0. The van der Waals surface area contributed by atoms with Crippen LogP contribution in [0.15, 0.2) is 12.2 Å². The van der Waals surface area contributed by atoms with Gasteiger partial charge in [-0.05, 0) is 207 Å². The summed E-state index contributed by atoms with van der Waals surface area (Å²) in [5, 5.41) is 10.7. The second-order valence-electron chi connectivity index (χ2n) is 19.5. The predicted octanol–water partition coefficient (Wildman–Crippen LogP) is 8.18. The van der Waals surface area contributed by atoms with Crippen molar-refractivity contribution in [3.63, 3.8) is 0 Å². The molecule has 0 aliphatic heterocycles. The SMILES string of the molecule is CC(C1CC2CC1C1C3CCC(C3)C21)(C1CC2CC1C1C3CCC(C3)C21)C12CC(C(=O)O)C(C1)C1C3C=CC(C3)C12. The fourth-order valence-corrected chi connectivity index (χ4v) is 19.7. The molecule has 0 radical (unpaired) electrons. The lowest BCUT2D eigenvalue weighted by atomic mass is 9.41. The van der Waals surface area contributed by atoms with E-state index in [4.69, 9.17) is 0 Å². The Labute approximate surface area is 247 Å². The molecule has 1 N–H and O–H groups in total. The van der Waals surface area contributed by atoms with Gasteiger partial charge < -0.3 is 5.11 Å². The summed E-state index contributed by atoms with van der Waals surface area (Å²) in [6.07, 6.45) is 24.6. The number of carboxylic acid groups (broad SMARTS) is 1. The molecule has 21 atom stereocenters. The molecule has 41 heavy (non-hydrogen) atoms. The zero-order valence-electron chi connectivity index (χ0n) is 25.2. The van der Waals surface area contributed by atoms with Crippen molar-refractivity contribution in [1.82, 2.24) is 0 Å². The summed E-state index contributed by atoms with van der Waals surface area (Å²) >= 11 is 0. The first-order valence-electron chi connectivity index (χ1n) is 18.9. The summed E-state index contributed by atoms with van der Waals surface area (Å²) in [7, 11) is 0. The first-order valence-corrected chi connectivity index (χ1v) is 18.9. The zero-order valence-corrected chi connectivity index (χ0v) is 25.2. The Kier molecular flexibility index (Phi) is 4.14. The first kappa shape index (κ1) is 23.6. The summed E-state index contributed by atoms with van der Waals surface area (Å²) in [5.74, 6) is 17.4. The molecule has 0 aromatic heterocycles. The predicted molar refractivity (Wildman–Crippen MR) is 157 cm³/mol.